The number of hydrogen-bond acceptors (Lipinski definition) is 3. The van der Waals surface area contributed by atoms with Gasteiger partial charge in [0.1, 0.15) is 5.75 Å². The molecule has 0 heterocycles. The van der Waals surface area contributed by atoms with E-state index in [0.717, 1.165) is 22.9 Å². The zero-order valence-electron chi connectivity index (χ0n) is 7.66. The minimum absolute atomic E-state index is 0.0705. The second-order valence-electron chi connectivity index (χ2n) is 3.73. The maximum absolute atomic E-state index is 9.77. The molecule has 0 bridgehead atoms. The van der Waals surface area contributed by atoms with Crippen LogP contribution in [0.25, 0.3) is 0 Å². The largest absolute Gasteiger partial charge is 0.508 e. The van der Waals surface area contributed by atoms with Crippen molar-refractivity contribution in [3.05, 3.63) is 28.2 Å². The Kier molecular flexibility index (Phi) is 2.51. The van der Waals surface area contributed by atoms with Crippen molar-refractivity contribution in [3.63, 3.8) is 0 Å². The predicted octanol–water partition coefficient (Wildman–Crippen LogP) is 2.08. The molecule has 1 aliphatic carbocycles. The van der Waals surface area contributed by atoms with E-state index in [2.05, 4.69) is 15.9 Å². The summed E-state index contributed by atoms with van der Waals surface area (Å²) in [7, 11) is 0. The van der Waals surface area contributed by atoms with Gasteiger partial charge in [-0.3, -0.25) is 0 Å². The van der Waals surface area contributed by atoms with Gasteiger partial charge in [-0.1, -0.05) is 22.0 Å². The topological polar surface area (TPSA) is 55.5 Å². The lowest BCUT2D eigenvalue weighted by Gasteiger charge is -2.17. The van der Waals surface area contributed by atoms with Gasteiger partial charge < -0.3 is 9.94 Å². The van der Waals surface area contributed by atoms with Gasteiger partial charge in [0.2, 0.25) is 0 Å². The Labute approximate surface area is 91.0 Å². The number of nitrogens with two attached hydrogens (primary N) is 1. The molecule has 3 nitrogen and oxygen atoms in total. The summed E-state index contributed by atoms with van der Waals surface area (Å²) in [6, 6.07) is 5.42. The maximum Gasteiger partial charge on any atom is 0.120 e. The molecule has 0 spiro atoms. The summed E-state index contributed by atoms with van der Waals surface area (Å²) >= 11 is 3.44. The van der Waals surface area contributed by atoms with Crippen LogP contribution in [0.3, 0.4) is 0 Å². The molecule has 0 aromatic heterocycles. The molecule has 14 heavy (non-hydrogen) atoms. The van der Waals surface area contributed by atoms with E-state index in [0.29, 0.717) is 12.4 Å². The Balaban J connectivity index is 2.40. The highest BCUT2D eigenvalue weighted by Crippen LogP contribution is 2.53. The van der Waals surface area contributed by atoms with Gasteiger partial charge in [0.05, 0.1) is 6.61 Å². The molecule has 3 N–H and O–H groups in total. The lowest BCUT2D eigenvalue weighted by atomic mass is 9.96. The molecule has 0 radical (unpaired) electrons. The number of phenols is 1. The zero-order chi connectivity index (χ0) is 10.2. The number of hydrogen-bond donors (Lipinski definition) is 2. The van der Waals surface area contributed by atoms with E-state index in [1.54, 1.807) is 6.07 Å². The molecule has 2 rings (SSSR count). The van der Waals surface area contributed by atoms with Crippen LogP contribution in [-0.4, -0.2) is 11.7 Å². The molecular weight excluding hydrogens is 246 g/mol. The van der Waals surface area contributed by atoms with Crippen LogP contribution in [0.1, 0.15) is 18.4 Å². The van der Waals surface area contributed by atoms with Crippen LogP contribution in [0.2, 0.25) is 0 Å². The van der Waals surface area contributed by atoms with Gasteiger partial charge in [-0.05, 0) is 25.0 Å². The maximum atomic E-state index is 9.77. The number of phenolic OH excluding ortho intramolecular Hbond substituents is 1. The molecule has 4 heteroatoms. The summed E-state index contributed by atoms with van der Waals surface area (Å²) < 4.78 is 0.923. The van der Waals surface area contributed by atoms with E-state index >= 15 is 0 Å². The van der Waals surface area contributed by atoms with Gasteiger partial charge in [0.15, 0.2) is 0 Å². The van der Waals surface area contributed by atoms with Crippen molar-refractivity contribution >= 4 is 15.9 Å². The van der Waals surface area contributed by atoms with Crippen LogP contribution in [-0.2, 0) is 10.3 Å². The van der Waals surface area contributed by atoms with Crippen molar-refractivity contribution in [1.82, 2.24) is 0 Å². The molecule has 1 aromatic carbocycles. The van der Waals surface area contributed by atoms with Crippen LogP contribution in [0.4, 0.5) is 0 Å². The summed E-state index contributed by atoms with van der Waals surface area (Å²) in [5.74, 6) is 5.41. The highest BCUT2D eigenvalue weighted by molar-refractivity contribution is 9.10. The quantitative estimate of drug-likeness (QED) is 0.816. The molecule has 1 aliphatic rings. The van der Waals surface area contributed by atoms with Gasteiger partial charge in [-0.2, -0.15) is 0 Å². The summed E-state index contributed by atoms with van der Waals surface area (Å²) in [6.07, 6.45) is 2.03. The fraction of sp³-hybridized carbons (Fsp3) is 0.400. The lowest BCUT2D eigenvalue weighted by Crippen LogP contribution is -2.18. The summed E-state index contributed by atoms with van der Waals surface area (Å²) in [6.45, 7) is 0.461. The van der Waals surface area contributed by atoms with Crippen molar-refractivity contribution in [2.75, 3.05) is 6.61 Å². The third-order valence-corrected chi connectivity index (χ3v) is 3.40. The lowest BCUT2D eigenvalue weighted by molar-refractivity contribution is 0.115. The average Bonchev–Trinajstić information content (AvgIpc) is 2.86. The molecule has 0 atom stereocenters. The Morgan fingerprint density at radius 3 is 2.71 bits per heavy atom. The van der Waals surface area contributed by atoms with E-state index in [1.165, 1.54) is 0 Å². The van der Waals surface area contributed by atoms with Gasteiger partial charge in [-0.15, -0.1) is 0 Å². The van der Waals surface area contributed by atoms with Crippen molar-refractivity contribution in [1.29, 1.82) is 0 Å². The predicted molar refractivity (Wildman–Crippen MR) is 56.9 cm³/mol. The van der Waals surface area contributed by atoms with Crippen molar-refractivity contribution in [2.45, 2.75) is 18.3 Å². The first-order valence-electron chi connectivity index (χ1n) is 4.49. The molecule has 0 amide bonds. The van der Waals surface area contributed by atoms with Crippen LogP contribution < -0.4 is 5.90 Å². The normalized spacial score (nSPS) is 18.1. The first-order valence-corrected chi connectivity index (χ1v) is 5.28. The van der Waals surface area contributed by atoms with E-state index in [4.69, 9.17) is 10.7 Å². The fourth-order valence-electron chi connectivity index (χ4n) is 1.81. The Hall–Kier alpha value is -0.580. The number of benzene rings is 1. The molecule has 76 valence electrons. The van der Waals surface area contributed by atoms with Gasteiger partial charge in [-0.25, -0.2) is 5.90 Å². The first kappa shape index (κ1) is 9.96. The highest BCUT2D eigenvalue weighted by atomic mass is 79.9. The van der Waals surface area contributed by atoms with Crippen LogP contribution >= 0.6 is 15.9 Å². The number of aromatic hydroxyl groups is 1. The number of halogens is 1. The number of rotatable bonds is 3. The SMILES string of the molecule is NOCC1(c2c(O)cccc2Br)CC1. The van der Waals surface area contributed by atoms with E-state index < -0.39 is 0 Å². The minimum Gasteiger partial charge on any atom is -0.508 e. The summed E-state index contributed by atoms with van der Waals surface area (Å²) in [4.78, 5) is 4.70. The van der Waals surface area contributed by atoms with Gasteiger partial charge >= 0.3 is 0 Å². The molecule has 1 saturated carbocycles. The Morgan fingerprint density at radius 2 is 2.21 bits per heavy atom. The smallest absolute Gasteiger partial charge is 0.120 e. The Morgan fingerprint density at radius 1 is 1.50 bits per heavy atom. The van der Waals surface area contributed by atoms with E-state index in [-0.39, 0.29) is 5.41 Å². The molecule has 0 aliphatic heterocycles. The standard InChI is InChI=1S/C10H12BrNO2/c11-7-2-1-3-8(13)9(7)10(4-5-10)6-14-12/h1-3,13H,4-6,12H2. The van der Waals surface area contributed by atoms with E-state index in [1.807, 2.05) is 12.1 Å². The second-order valence-corrected chi connectivity index (χ2v) is 4.58. The van der Waals surface area contributed by atoms with E-state index in [9.17, 15) is 5.11 Å². The van der Waals surface area contributed by atoms with Crippen LogP contribution in [0.5, 0.6) is 5.75 Å². The molecule has 1 aromatic rings. The summed E-state index contributed by atoms with van der Waals surface area (Å²) in [5, 5.41) is 9.77. The highest BCUT2D eigenvalue weighted by Gasteiger charge is 2.47. The Bertz CT molecular complexity index is 330. The fourth-order valence-corrected chi connectivity index (χ4v) is 2.59. The molecule has 0 unspecified atom stereocenters. The molecular formula is C10H12BrNO2. The van der Waals surface area contributed by atoms with Crippen molar-refractivity contribution in [2.24, 2.45) is 5.90 Å². The molecule has 0 saturated heterocycles. The minimum atomic E-state index is -0.0705. The zero-order valence-corrected chi connectivity index (χ0v) is 9.25. The van der Waals surface area contributed by atoms with Gasteiger partial charge in [0.25, 0.3) is 0 Å². The second kappa shape index (κ2) is 3.53. The monoisotopic (exact) mass is 257 g/mol. The van der Waals surface area contributed by atoms with Crippen molar-refractivity contribution in [3.8, 4) is 5.75 Å². The summed E-state index contributed by atoms with van der Waals surface area (Å²) in [5.41, 5.74) is 0.851. The average molecular weight is 258 g/mol. The third kappa shape index (κ3) is 1.54. The first-order chi connectivity index (χ1) is 6.69. The molecule has 1 fully saturated rings. The van der Waals surface area contributed by atoms with Gasteiger partial charge in [0, 0.05) is 15.5 Å². The van der Waals surface area contributed by atoms with Crippen molar-refractivity contribution < 1.29 is 9.94 Å². The third-order valence-electron chi connectivity index (χ3n) is 2.74. The van der Waals surface area contributed by atoms with Crippen LogP contribution in [0.15, 0.2) is 22.7 Å². The van der Waals surface area contributed by atoms with Crippen LogP contribution in [0, 0.1) is 0 Å².